The van der Waals surface area contributed by atoms with Crippen molar-refractivity contribution in [3.8, 4) is 0 Å². The fourth-order valence-corrected chi connectivity index (χ4v) is 5.94. The van der Waals surface area contributed by atoms with Gasteiger partial charge in [0.2, 0.25) is 0 Å². The summed E-state index contributed by atoms with van der Waals surface area (Å²) in [4.78, 5) is 33.4. The topological polar surface area (TPSA) is 155 Å². The molecule has 0 heterocycles. The lowest BCUT2D eigenvalue weighted by atomic mass is 10.1. The fourth-order valence-electron chi connectivity index (χ4n) is 5.16. The van der Waals surface area contributed by atoms with Crippen LogP contribution < -0.4 is 5.73 Å². The third-order valence-corrected chi connectivity index (χ3v) is 9.18. The zero-order valence-corrected chi connectivity index (χ0v) is 31.9. The highest BCUT2D eigenvalue weighted by Crippen LogP contribution is 2.43. The second kappa shape index (κ2) is 34.9. The van der Waals surface area contributed by atoms with E-state index in [1.165, 1.54) is 83.5 Å². The zero-order valence-electron chi connectivity index (χ0n) is 31.0. The molecule has 0 aliphatic heterocycles. The van der Waals surface area contributed by atoms with Crippen LogP contribution in [0.15, 0.2) is 24.3 Å². The molecule has 0 aliphatic carbocycles. The molecule has 10 nitrogen and oxygen atoms in total. The summed E-state index contributed by atoms with van der Waals surface area (Å²) in [6.45, 7) is 3.84. The molecule has 0 amide bonds. The van der Waals surface area contributed by atoms with Gasteiger partial charge >= 0.3 is 19.8 Å². The first-order valence-corrected chi connectivity index (χ1v) is 20.9. The van der Waals surface area contributed by atoms with Gasteiger partial charge in [-0.2, -0.15) is 0 Å². The van der Waals surface area contributed by atoms with Gasteiger partial charge in [0, 0.05) is 13.0 Å². The summed E-state index contributed by atoms with van der Waals surface area (Å²) < 4.78 is 33.2. The Labute approximate surface area is 298 Å². The lowest BCUT2D eigenvalue weighted by molar-refractivity contribution is -0.154. The Kier molecular flexibility index (Phi) is 33.8. The van der Waals surface area contributed by atoms with Crippen LogP contribution in [0.4, 0.5) is 0 Å². The number of carboxylic acid groups (broad SMARTS) is 1. The predicted molar refractivity (Wildman–Crippen MR) is 198 cm³/mol. The Morgan fingerprint density at radius 2 is 1.12 bits per heavy atom. The number of hydrogen-bond acceptors (Lipinski definition) is 8. The zero-order chi connectivity index (χ0) is 36.3. The van der Waals surface area contributed by atoms with Crippen LogP contribution in [0.25, 0.3) is 0 Å². The number of esters is 1. The Hall–Kier alpha value is -1.55. The van der Waals surface area contributed by atoms with Crippen LogP contribution in [0.3, 0.4) is 0 Å². The monoisotopic (exact) mass is 717 g/mol. The van der Waals surface area contributed by atoms with Crippen molar-refractivity contribution in [3.63, 3.8) is 0 Å². The van der Waals surface area contributed by atoms with E-state index in [0.29, 0.717) is 13.0 Å². The van der Waals surface area contributed by atoms with Crippen molar-refractivity contribution in [2.24, 2.45) is 5.73 Å². The first kappa shape index (κ1) is 47.4. The highest BCUT2D eigenvalue weighted by atomic mass is 31.2. The molecule has 0 bridgehead atoms. The molecular weight excluding hydrogens is 645 g/mol. The van der Waals surface area contributed by atoms with E-state index in [2.05, 4.69) is 42.7 Å². The van der Waals surface area contributed by atoms with Gasteiger partial charge in [-0.05, 0) is 44.9 Å². The van der Waals surface area contributed by atoms with Crippen LogP contribution in [0.5, 0.6) is 0 Å². The van der Waals surface area contributed by atoms with Gasteiger partial charge in [-0.3, -0.25) is 18.6 Å². The van der Waals surface area contributed by atoms with Gasteiger partial charge in [-0.1, -0.05) is 141 Å². The number of hydrogen-bond donors (Lipinski definition) is 3. The molecule has 0 saturated carbocycles. The maximum Gasteiger partial charge on any atom is 0.472 e. The van der Waals surface area contributed by atoms with Crippen LogP contribution in [-0.4, -0.2) is 60.5 Å². The van der Waals surface area contributed by atoms with Gasteiger partial charge < -0.3 is 25.2 Å². The number of carboxylic acids is 1. The molecule has 0 saturated heterocycles. The smallest absolute Gasteiger partial charge is 0.472 e. The fraction of sp³-hybridized carbons (Fsp3) is 0.842. The van der Waals surface area contributed by atoms with Crippen molar-refractivity contribution in [2.75, 3.05) is 26.4 Å². The second-order valence-corrected chi connectivity index (χ2v) is 14.5. The first-order chi connectivity index (χ1) is 23.7. The van der Waals surface area contributed by atoms with E-state index in [1.807, 2.05) is 0 Å². The van der Waals surface area contributed by atoms with Gasteiger partial charge in [0.1, 0.15) is 12.1 Å². The Morgan fingerprint density at radius 1 is 0.653 bits per heavy atom. The van der Waals surface area contributed by atoms with Gasteiger partial charge in [0.25, 0.3) is 0 Å². The number of nitrogens with two attached hydrogens (primary N) is 1. The lowest BCUT2D eigenvalue weighted by Gasteiger charge is -2.20. The Balaban J connectivity index is 4.31. The van der Waals surface area contributed by atoms with Crippen molar-refractivity contribution in [2.45, 2.75) is 180 Å². The number of aliphatic carboxylic acids is 1. The molecule has 0 aromatic carbocycles. The van der Waals surface area contributed by atoms with Crippen LogP contribution >= 0.6 is 7.82 Å². The average molecular weight is 718 g/mol. The van der Waals surface area contributed by atoms with Gasteiger partial charge in [-0.25, -0.2) is 4.57 Å². The number of carbonyl (C=O) groups excluding carboxylic acids is 1. The van der Waals surface area contributed by atoms with E-state index >= 15 is 0 Å². The molecule has 0 rings (SSSR count). The SMILES string of the molecule is CCCCCC/C=C\C/C=C\CCCCCCCC(=O)OC(COCCCCCCCCCCCCC)COP(=O)(O)OCC(N)C(=O)O. The third kappa shape index (κ3) is 34.7. The predicted octanol–water partition coefficient (Wildman–Crippen LogP) is 9.97. The molecule has 11 heteroatoms. The average Bonchev–Trinajstić information content (AvgIpc) is 3.07. The largest absolute Gasteiger partial charge is 0.480 e. The highest BCUT2D eigenvalue weighted by molar-refractivity contribution is 7.47. The molecule has 0 fully saturated rings. The molecule has 0 aromatic heterocycles. The number of allylic oxidation sites excluding steroid dienone is 4. The summed E-state index contributed by atoms with van der Waals surface area (Å²) >= 11 is 0. The molecule has 288 valence electrons. The molecule has 0 aliphatic rings. The van der Waals surface area contributed by atoms with Crippen LogP contribution in [-0.2, 0) is 32.7 Å². The summed E-state index contributed by atoms with van der Waals surface area (Å²) in [5.74, 6) is -1.79. The highest BCUT2D eigenvalue weighted by Gasteiger charge is 2.27. The molecule has 0 radical (unpaired) electrons. The van der Waals surface area contributed by atoms with E-state index < -0.39 is 45.1 Å². The molecule has 4 N–H and O–H groups in total. The Bertz CT molecular complexity index is 883. The lowest BCUT2D eigenvalue weighted by Crippen LogP contribution is -2.34. The van der Waals surface area contributed by atoms with E-state index in [0.717, 1.165) is 57.8 Å². The molecule has 0 aromatic rings. The summed E-state index contributed by atoms with van der Waals surface area (Å²) in [6.07, 6.45) is 35.1. The van der Waals surface area contributed by atoms with Crippen molar-refractivity contribution >= 4 is 19.8 Å². The van der Waals surface area contributed by atoms with Gasteiger partial charge in [0.05, 0.1) is 19.8 Å². The summed E-state index contributed by atoms with van der Waals surface area (Å²) in [5.41, 5.74) is 5.33. The number of phosphoric acid groups is 1. The van der Waals surface area contributed by atoms with Crippen molar-refractivity contribution in [3.05, 3.63) is 24.3 Å². The van der Waals surface area contributed by atoms with E-state index in [4.69, 9.17) is 24.8 Å². The number of ether oxygens (including phenoxy) is 2. The number of rotatable bonds is 37. The first-order valence-electron chi connectivity index (χ1n) is 19.4. The van der Waals surface area contributed by atoms with E-state index in [-0.39, 0.29) is 13.0 Å². The molecule has 3 unspecified atom stereocenters. The minimum Gasteiger partial charge on any atom is -0.480 e. The van der Waals surface area contributed by atoms with Crippen LogP contribution in [0, 0.1) is 0 Å². The van der Waals surface area contributed by atoms with Crippen molar-refractivity contribution in [1.82, 2.24) is 0 Å². The maximum atomic E-state index is 12.6. The van der Waals surface area contributed by atoms with Gasteiger partial charge in [0.15, 0.2) is 0 Å². The quantitative estimate of drug-likeness (QED) is 0.0245. The third-order valence-electron chi connectivity index (χ3n) is 8.23. The van der Waals surface area contributed by atoms with Crippen molar-refractivity contribution in [1.29, 1.82) is 0 Å². The molecular formula is C38H72NO9P. The molecule has 3 atom stereocenters. The van der Waals surface area contributed by atoms with Crippen LogP contribution in [0.2, 0.25) is 0 Å². The van der Waals surface area contributed by atoms with E-state index in [9.17, 15) is 19.0 Å². The minimum atomic E-state index is -4.61. The number of unbranched alkanes of at least 4 members (excludes halogenated alkanes) is 19. The normalized spacial score (nSPS) is 14.4. The molecule has 0 spiro atoms. The summed E-state index contributed by atoms with van der Waals surface area (Å²) in [7, 11) is -4.61. The molecule has 49 heavy (non-hydrogen) atoms. The second-order valence-electron chi connectivity index (χ2n) is 13.1. The Morgan fingerprint density at radius 3 is 1.67 bits per heavy atom. The van der Waals surface area contributed by atoms with Crippen LogP contribution in [0.1, 0.15) is 168 Å². The van der Waals surface area contributed by atoms with E-state index in [1.54, 1.807) is 0 Å². The minimum absolute atomic E-state index is 0.0143. The number of carbonyl (C=O) groups is 2. The summed E-state index contributed by atoms with van der Waals surface area (Å²) in [5, 5.41) is 8.86. The maximum absolute atomic E-state index is 12.6. The standard InChI is InChI=1S/C38H72NO9P/c1-3-5-7-9-11-13-15-16-17-18-19-20-22-24-26-28-30-37(40)48-35(33-46-49(43,44)47-34-36(39)38(41)42)32-45-31-29-27-25-23-21-14-12-10-8-6-4-2/h13,15,17-18,35-36H,3-12,14,16,19-34,39H2,1-2H3,(H,41,42)(H,43,44)/b15-13-,18-17-. The number of phosphoric ester groups is 1. The van der Waals surface area contributed by atoms with Crippen molar-refractivity contribution < 1.29 is 42.7 Å². The summed E-state index contributed by atoms with van der Waals surface area (Å²) in [6, 6.07) is -1.47. The van der Waals surface area contributed by atoms with Gasteiger partial charge in [-0.15, -0.1) is 0 Å².